The SMILES string of the molecule is COCCC1=CC=C(C)C1C(=O)CC(C)C. The highest BCUT2D eigenvalue weighted by atomic mass is 16.5. The van der Waals surface area contributed by atoms with Crippen molar-refractivity contribution in [2.24, 2.45) is 11.8 Å². The lowest BCUT2D eigenvalue weighted by molar-refractivity contribution is -0.121. The Morgan fingerprint density at radius 2 is 2.12 bits per heavy atom. The van der Waals surface area contributed by atoms with Gasteiger partial charge in [0.15, 0.2) is 0 Å². The van der Waals surface area contributed by atoms with E-state index in [9.17, 15) is 4.79 Å². The highest BCUT2D eigenvalue weighted by Gasteiger charge is 2.26. The first-order valence-corrected chi connectivity index (χ1v) is 5.95. The average molecular weight is 222 g/mol. The Morgan fingerprint density at radius 3 is 2.69 bits per heavy atom. The van der Waals surface area contributed by atoms with Crippen molar-refractivity contribution in [1.29, 1.82) is 0 Å². The molecular weight excluding hydrogens is 200 g/mol. The Hall–Kier alpha value is -0.890. The van der Waals surface area contributed by atoms with Crippen LogP contribution >= 0.6 is 0 Å². The van der Waals surface area contributed by atoms with Gasteiger partial charge >= 0.3 is 0 Å². The van der Waals surface area contributed by atoms with Gasteiger partial charge in [0.1, 0.15) is 5.78 Å². The van der Waals surface area contributed by atoms with Crippen LogP contribution in [0.15, 0.2) is 23.3 Å². The topological polar surface area (TPSA) is 26.3 Å². The molecule has 0 aliphatic heterocycles. The lowest BCUT2D eigenvalue weighted by Gasteiger charge is -2.17. The Kier molecular flexibility index (Phi) is 4.94. The Labute approximate surface area is 98.4 Å². The third kappa shape index (κ3) is 3.31. The van der Waals surface area contributed by atoms with Crippen LogP contribution < -0.4 is 0 Å². The number of rotatable bonds is 6. The largest absolute Gasteiger partial charge is 0.384 e. The molecule has 1 unspecified atom stereocenters. The van der Waals surface area contributed by atoms with Gasteiger partial charge < -0.3 is 4.74 Å². The monoisotopic (exact) mass is 222 g/mol. The second-order valence-corrected chi connectivity index (χ2v) is 4.89. The summed E-state index contributed by atoms with van der Waals surface area (Å²) < 4.78 is 5.07. The summed E-state index contributed by atoms with van der Waals surface area (Å²) >= 11 is 0. The minimum atomic E-state index is 0.0255. The number of carbonyl (C=O) groups is 1. The van der Waals surface area contributed by atoms with E-state index < -0.39 is 0 Å². The fourth-order valence-corrected chi connectivity index (χ4v) is 2.15. The van der Waals surface area contributed by atoms with Crippen LogP contribution in [0.1, 0.15) is 33.6 Å². The summed E-state index contributed by atoms with van der Waals surface area (Å²) in [5.41, 5.74) is 2.39. The average Bonchev–Trinajstić information content (AvgIpc) is 2.55. The molecule has 1 aliphatic rings. The maximum atomic E-state index is 12.1. The lowest BCUT2D eigenvalue weighted by Crippen LogP contribution is -2.18. The molecule has 0 aromatic rings. The van der Waals surface area contributed by atoms with E-state index in [0.717, 1.165) is 6.42 Å². The van der Waals surface area contributed by atoms with Crippen LogP contribution in [0.25, 0.3) is 0 Å². The highest BCUT2D eigenvalue weighted by molar-refractivity contribution is 5.87. The van der Waals surface area contributed by atoms with Crippen molar-refractivity contribution in [1.82, 2.24) is 0 Å². The van der Waals surface area contributed by atoms with Crippen molar-refractivity contribution in [3.05, 3.63) is 23.3 Å². The molecule has 0 heterocycles. The van der Waals surface area contributed by atoms with Crippen LogP contribution in [0.4, 0.5) is 0 Å². The van der Waals surface area contributed by atoms with Crippen LogP contribution in [0.2, 0.25) is 0 Å². The molecule has 2 nitrogen and oxygen atoms in total. The van der Waals surface area contributed by atoms with Gasteiger partial charge in [-0.05, 0) is 19.3 Å². The summed E-state index contributed by atoms with van der Waals surface area (Å²) in [7, 11) is 1.70. The van der Waals surface area contributed by atoms with Crippen molar-refractivity contribution in [3.63, 3.8) is 0 Å². The first kappa shape index (κ1) is 13.2. The van der Waals surface area contributed by atoms with Crippen LogP contribution in [-0.2, 0) is 9.53 Å². The van der Waals surface area contributed by atoms with Crippen LogP contribution in [-0.4, -0.2) is 19.5 Å². The zero-order valence-electron chi connectivity index (χ0n) is 10.7. The number of hydrogen-bond acceptors (Lipinski definition) is 2. The predicted molar refractivity (Wildman–Crippen MR) is 66.3 cm³/mol. The number of hydrogen-bond donors (Lipinski definition) is 0. The van der Waals surface area contributed by atoms with Gasteiger partial charge in [-0.3, -0.25) is 4.79 Å². The molecule has 0 aromatic heterocycles. The van der Waals surface area contributed by atoms with Gasteiger partial charge in [-0.2, -0.15) is 0 Å². The van der Waals surface area contributed by atoms with Gasteiger partial charge in [0.25, 0.3) is 0 Å². The molecule has 2 heteroatoms. The lowest BCUT2D eigenvalue weighted by atomic mass is 9.87. The summed E-state index contributed by atoms with van der Waals surface area (Å²) in [5.74, 6) is 0.811. The van der Waals surface area contributed by atoms with E-state index in [2.05, 4.69) is 26.0 Å². The van der Waals surface area contributed by atoms with Gasteiger partial charge in [-0.1, -0.05) is 37.1 Å². The fraction of sp³-hybridized carbons (Fsp3) is 0.643. The van der Waals surface area contributed by atoms with Crippen molar-refractivity contribution >= 4 is 5.78 Å². The minimum absolute atomic E-state index is 0.0255. The number of Topliss-reactive ketones (excluding diaryl/α,β-unsaturated/α-hetero) is 1. The molecule has 90 valence electrons. The van der Waals surface area contributed by atoms with Gasteiger partial charge in [-0.25, -0.2) is 0 Å². The summed E-state index contributed by atoms with van der Waals surface area (Å²) in [6, 6.07) is 0. The predicted octanol–water partition coefficient (Wildman–Crippen LogP) is 3.14. The van der Waals surface area contributed by atoms with E-state index in [4.69, 9.17) is 4.74 Å². The molecule has 0 saturated heterocycles. The highest BCUT2D eigenvalue weighted by Crippen LogP contribution is 2.31. The molecule has 1 aliphatic carbocycles. The number of ether oxygens (including phenoxy) is 1. The zero-order chi connectivity index (χ0) is 12.1. The number of carbonyl (C=O) groups excluding carboxylic acids is 1. The maximum Gasteiger partial charge on any atom is 0.144 e. The molecule has 0 fully saturated rings. The normalized spacial score (nSPS) is 19.9. The first-order chi connectivity index (χ1) is 7.56. The minimum Gasteiger partial charge on any atom is -0.384 e. The molecule has 1 rings (SSSR count). The number of allylic oxidation sites excluding steroid dienone is 3. The Morgan fingerprint density at radius 1 is 1.44 bits per heavy atom. The number of ketones is 1. The van der Waals surface area contributed by atoms with Gasteiger partial charge in [0.2, 0.25) is 0 Å². The fourth-order valence-electron chi connectivity index (χ4n) is 2.15. The van der Waals surface area contributed by atoms with Crippen molar-refractivity contribution in [2.45, 2.75) is 33.6 Å². The third-order valence-corrected chi connectivity index (χ3v) is 2.91. The first-order valence-electron chi connectivity index (χ1n) is 5.95. The van der Waals surface area contributed by atoms with Crippen LogP contribution in [0.5, 0.6) is 0 Å². The van der Waals surface area contributed by atoms with Crippen LogP contribution in [0, 0.1) is 11.8 Å². The second-order valence-electron chi connectivity index (χ2n) is 4.89. The summed E-state index contributed by atoms with van der Waals surface area (Å²) in [4.78, 5) is 12.1. The van der Waals surface area contributed by atoms with E-state index in [1.165, 1.54) is 11.1 Å². The summed E-state index contributed by atoms with van der Waals surface area (Å²) in [5, 5.41) is 0. The van der Waals surface area contributed by atoms with Gasteiger partial charge in [0, 0.05) is 20.1 Å². The standard InChI is InChI=1S/C14H22O2/c1-10(2)9-13(15)14-11(3)5-6-12(14)7-8-16-4/h5-6,10,14H,7-9H2,1-4H3. The molecule has 0 spiro atoms. The summed E-state index contributed by atoms with van der Waals surface area (Å²) in [6.45, 7) is 6.91. The Bertz CT molecular complexity index is 311. The second kappa shape index (κ2) is 6.00. The quantitative estimate of drug-likeness (QED) is 0.690. The molecule has 1 atom stereocenters. The number of methoxy groups -OCH3 is 1. The zero-order valence-corrected chi connectivity index (χ0v) is 10.7. The van der Waals surface area contributed by atoms with Gasteiger partial charge in [0.05, 0.1) is 5.92 Å². The van der Waals surface area contributed by atoms with Crippen molar-refractivity contribution in [2.75, 3.05) is 13.7 Å². The molecule has 0 saturated carbocycles. The molecule has 16 heavy (non-hydrogen) atoms. The van der Waals surface area contributed by atoms with E-state index >= 15 is 0 Å². The van der Waals surface area contributed by atoms with E-state index in [0.29, 0.717) is 24.7 Å². The molecule has 0 radical (unpaired) electrons. The maximum absolute atomic E-state index is 12.1. The van der Waals surface area contributed by atoms with Gasteiger partial charge in [-0.15, -0.1) is 0 Å². The van der Waals surface area contributed by atoms with E-state index in [-0.39, 0.29) is 5.92 Å². The molecule has 0 amide bonds. The molecular formula is C14H22O2. The van der Waals surface area contributed by atoms with Crippen molar-refractivity contribution < 1.29 is 9.53 Å². The molecule has 0 bridgehead atoms. The van der Waals surface area contributed by atoms with E-state index in [1.54, 1.807) is 7.11 Å². The molecule has 0 N–H and O–H groups in total. The summed E-state index contributed by atoms with van der Waals surface area (Å²) in [6.07, 6.45) is 5.67. The molecule has 0 aromatic carbocycles. The van der Waals surface area contributed by atoms with E-state index in [1.807, 2.05) is 6.92 Å². The smallest absolute Gasteiger partial charge is 0.144 e. The Balaban J connectivity index is 2.64. The van der Waals surface area contributed by atoms with Crippen molar-refractivity contribution in [3.8, 4) is 0 Å². The van der Waals surface area contributed by atoms with Crippen LogP contribution in [0.3, 0.4) is 0 Å². The third-order valence-electron chi connectivity index (χ3n) is 2.91.